The Kier molecular flexibility index (Phi) is 3.50. The highest BCUT2D eigenvalue weighted by Gasteiger charge is 2.31. The molecule has 2 N–H and O–H groups in total. The number of sulfonamides is 1. The maximum atomic E-state index is 12.0. The number of hydrogen-bond acceptors (Lipinski definition) is 4. The fourth-order valence-electron chi connectivity index (χ4n) is 2.20. The zero-order valence-electron chi connectivity index (χ0n) is 9.70. The smallest absolute Gasteiger partial charge is 0.259 e. The Morgan fingerprint density at radius 1 is 1.59 bits per heavy atom. The number of aromatic nitrogens is 2. The molecule has 1 fully saturated rings. The number of aliphatic hydroxyl groups is 1. The van der Waals surface area contributed by atoms with E-state index in [1.807, 2.05) is 0 Å². The number of nitrogens with one attached hydrogen (secondary N) is 1. The van der Waals surface area contributed by atoms with Gasteiger partial charge in [0.1, 0.15) is 0 Å². The SMILES string of the molecule is Cn1cnc(S(=O)(=O)NC2CCCC2CO)c1. The van der Waals surface area contributed by atoms with Gasteiger partial charge in [0.15, 0.2) is 5.03 Å². The standard InChI is InChI=1S/C10H17N3O3S/c1-13-5-10(11-7-13)17(15,16)12-9-4-2-3-8(9)6-14/h5,7-9,12,14H,2-4,6H2,1H3. The number of hydrogen-bond donors (Lipinski definition) is 2. The average molecular weight is 259 g/mol. The molecule has 1 aromatic rings. The van der Waals surface area contributed by atoms with Crippen molar-refractivity contribution in [2.24, 2.45) is 13.0 Å². The molecular formula is C10H17N3O3S. The molecule has 6 nitrogen and oxygen atoms in total. The van der Waals surface area contributed by atoms with E-state index in [0.29, 0.717) is 0 Å². The van der Waals surface area contributed by atoms with Crippen molar-refractivity contribution in [1.82, 2.24) is 14.3 Å². The first-order valence-electron chi connectivity index (χ1n) is 5.64. The molecule has 1 aromatic heterocycles. The van der Waals surface area contributed by atoms with Crippen LogP contribution < -0.4 is 4.72 Å². The molecule has 2 atom stereocenters. The lowest BCUT2D eigenvalue weighted by molar-refractivity contribution is 0.213. The van der Waals surface area contributed by atoms with Gasteiger partial charge in [-0.3, -0.25) is 0 Å². The third-order valence-corrected chi connectivity index (χ3v) is 4.53. The summed E-state index contributed by atoms with van der Waals surface area (Å²) >= 11 is 0. The van der Waals surface area contributed by atoms with E-state index in [1.165, 1.54) is 12.5 Å². The minimum absolute atomic E-state index is 0.0217. The highest BCUT2D eigenvalue weighted by Crippen LogP contribution is 2.26. The average Bonchev–Trinajstić information content (AvgIpc) is 2.86. The van der Waals surface area contributed by atoms with Crippen LogP contribution in [0.5, 0.6) is 0 Å². The van der Waals surface area contributed by atoms with E-state index in [1.54, 1.807) is 11.6 Å². The maximum absolute atomic E-state index is 12.0. The van der Waals surface area contributed by atoms with Crippen molar-refractivity contribution >= 4 is 10.0 Å². The van der Waals surface area contributed by atoms with E-state index in [4.69, 9.17) is 5.11 Å². The molecule has 0 spiro atoms. The molecule has 0 radical (unpaired) electrons. The summed E-state index contributed by atoms with van der Waals surface area (Å²) in [6.07, 6.45) is 5.50. The third kappa shape index (κ3) is 2.67. The molecule has 7 heteroatoms. The van der Waals surface area contributed by atoms with Crippen LogP contribution in [0, 0.1) is 5.92 Å². The molecular weight excluding hydrogens is 242 g/mol. The molecule has 96 valence electrons. The second-order valence-corrected chi connectivity index (χ2v) is 6.14. The number of aryl methyl sites for hydroxylation is 1. The molecule has 2 unspecified atom stereocenters. The van der Waals surface area contributed by atoms with Crippen molar-refractivity contribution in [2.45, 2.75) is 30.3 Å². The normalized spacial score (nSPS) is 25.3. The number of nitrogens with zero attached hydrogens (tertiary/aromatic N) is 2. The number of rotatable bonds is 4. The van der Waals surface area contributed by atoms with Crippen molar-refractivity contribution < 1.29 is 13.5 Å². The first-order chi connectivity index (χ1) is 8.03. The van der Waals surface area contributed by atoms with Crippen molar-refractivity contribution in [3.63, 3.8) is 0 Å². The second kappa shape index (κ2) is 4.75. The molecule has 17 heavy (non-hydrogen) atoms. The van der Waals surface area contributed by atoms with E-state index in [9.17, 15) is 8.42 Å². The third-order valence-electron chi connectivity index (χ3n) is 3.16. The van der Waals surface area contributed by atoms with E-state index >= 15 is 0 Å². The molecule has 1 aliphatic carbocycles. The van der Waals surface area contributed by atoms with Crippen molar-refractivity contribution in [2.75, 3.05) is 6.61 Å². The summed E-state index contributed by atoms with van der Waals surface area (Å²) in [4.78, 5) is 3.83. The lowest BCUT2D eigenvalue weighted by Crippen LogP contribution is -2.38. The summed E-state index contributed by atoms with van der Waals surface area (Å²) in [5.74, 6) is 0.0217. The van der Waals surface area contributed by atoms with Gasteiger partial charge in [-0.1, -0.05) is 6.42 Å². The Labute approximate surface area is 101 Å². The Hall–Kier alpha value is -0.920. The molecule has 2 rings (SSSR count). The number of imidazole rings is 1. The monoisotopic (exact) mass is 259 g/mol. The van der Waals surface area contributed by atoms with Crippen LogP contribution in [-0.2, 0) is 17.1 Å². The molecule has 0 bridgehead atoms. The van der Waals surface area contributed by atoms with Gasteiger partial charge in [-0.15, -0.1) is 0 Å². The van der Waals surface area contributed by atoms with Gasteiger partial charge in [0.05, 0.1) is 6.33 Å². The van der Waals surface area contributed by atoms with Crippen molar-refractivity contribution in [3.05, 3.63) is 12.5 Å². The van der Waals surface area contributed by atoms with Crippen LogP contribution >= 0.6 is 0 Å². The van der Waals surface area contributed by atoms with Crippen LogP contribution in [-0.4, -0.2) is 35.7 Å². The van der Waals surface area contributed by atoms with Gasteiger partial charge >= 0.3 is 0 Å². The first kappa shape index (κ1) is 12.5. The van der Waals surface area contributed by atoms with Crippen LogP contribution in [0.1, 0.15) is 19.3 Å². The van der Waals surface area contributed by atoms with E-state index in [0.717, 1.165) is 19.3 Å². The van der Waals surface area contributed by atoms with Crippen molar-refractivity contribution in [1.29, 1.82) is 0 Å². The minimum Gasteiger partial charge on any atom is -0.396 e. The van der Waals surface area contributed by atoms with Gasteiger partial charge in [0.25, 0.3) is 10.0 Å². The topological polar surface area (TPSA) is 84.2 Å². The predicted molar refractivity (Wildman–Crippen MR) is 61.7 cm³/mol. The second-order valence-electron chi connectivity index (χ2n) is 4.48. The van der Waals surface area contributed by atoms with Gasteiger partial charge < -0.3 is 9.67 Å². The van der Waals surface area contributed by atoms with E-state index in [-0.39, 0.29) is 23.6 Å². The fourth-order valence-corrected chi connectivity index (χ4v) is 3.52. The Bertz CT molecular complexity index is 483. The van der Waals surface area contributed by atoms with Crippen LogP contribution in [0.3, 0.4) is 0 Å². The predicted octanol–water partition coefficient (Wildman–Crippen LogP) is -0.141. The summed E-state index contributed by atoms with van der Waals surface area (Å²) in [7, 11) is -1.84. The van der Waals surface area contributed by atoms with Crippen LogP contribution in [0.4, 0.5) is 0 Å². The van der Waals surface area contributed by atoms with E-state index in [2.05, 4.69) is 9.71 Å². The molecule has 1 heterocycles. The Morgan fingerprint density at radius 2 is 2.35 bits per heavy atom. The van der Waals surface area contributed by atoms with E-state index < -0.39 is 10.0 Å². The van der Waals surface area contributed by atoms with Crippen LogP contribution in [0.25, 0.3) is 0 Å². The van der Waals surface area contributed by atoms with Gasteiger partial charge in [0.2, 0.25) is 0 Å². The highest BCUT2D eigenvalue weighted by molar-refractivity contribution is 7.89. The highest BCUT2D eigenvalue weighted by atomic mass is 32.2. The fraction of sp³-hybridized carbons (Fsp3) is 0.700. The lowest BCUT2D eigenvalue weighted by atomic mass is 10.1. The van der Waals surface area contributed by atoms with Gasteiger partial charge in [-0.25, -0.2) is 18.1 Å². The minimum atomic E-state index is -3.56. The van der Waals surface area contributed by atoms with Gasteiger partial charge in [0, 0.05) is 25.9 Å². The summed E-state index contributed by atoms with van der Waals surface area (Å²) in [6, 6.07) is -0.174. The lowest BCUT2D eigenvalue weighted by Gasteiger charge is -2.17. The summed E-state index contributed by atoms with van der Waals surface area (Å²) in [5.41, 5.74) is 0. The molecule has 0 aliphatic heterocycles. The summed E-state index contributed by atoms with van der Waals surface area (Å²) in [6.45, 7) is 0.0232. The molecule has 0 saturated heterocycles. The number of aliphatic hydroxyl groups excluding tert-OH is 1. The maximum Gasteiger partial charge on any atom is 0.259 e. The first-order valence-corrected chi connectivity index (χ1v) is 7.12. The van der Waals surface area contributed by atoms with Crippen molar-refractivity contribution in [3.8, 4) is 0 Å². The zero-order chi connectivity index (χ0) is 12.5. The molecule has 1 saturated carbocycles. The molecule has 0 amide bonds. The van der Waals surface area contributed by atoms with Crippen LogP contribution in [0.2, 0.25) is 0 Å². The zero-order valence-corrected chi connectivity index (χ0v) is 10.5. The summed E-state index contributed by atoms with van der Waals surface area (Å²) in [5, 5.41) is 9.18. The Morgan fingerprint density at radius 3 is 2.94 bits per heavy atom. The largest absolute Gasteiger partial charge is 0.396 e. The summed E-state index contributed by atoms with van der Waals surface area (Å²) < 4.78 is 28.2. The van der Waals surface area contributed by atoms with Gasteiger partial charge in [-0.05, 0) is 18.8 Å². The van der Waals surface area contributed by atoms with Gasteiger partial charge in [-0.2, -0.15) is 0 Å². The quantitative estimate of drug-likeness (QED) is 0.788. The Balaban J connectivity index is 2.12. The van der Waals surface area contributed by atoms with Crippen LogP contribution in [0.15, 0.2) is 17.6 Å². The molecule has 1 aliphatic rings. The molecule has 0 aromatic carbocycles.